The molecule has 25 heavy (non-hydrogen) atoms. The summed E-state index contributed by atoms with van der Waals surface area (Å²) in [5.41, 5.74) is 0.727. The minimum atomic E-state index is -0.874. The van der Waals surface area contributed by atoms with E-state index in [1.807, 2.05) is 18.7 Å². The number of carbonyl (C=O) groups excluding carboxylic acids is 2. The van der Waals surface area contributed by atoms with Crippen LogP contribution in [0.15, 0.2) is 12.2 Å². The number of alkyl halides is 1. The normalized spacial score (nSPS) is 22.2. The van der Waals surface area contributed by atoms with Crippen LogP contribution in [-0.4, -0.2) is 79.1 Å². The summed E-state index contributed by atoms with van der Waals surface area (Å²) in [4.78, 5) is 27.7. The fraction of sp³-hybridized carbons (Fsp3) is 0.778. The van der Waals surface area contributed by atoms with Crippen molar-refractivity contribution in [2.24, 2.45) is 5.92 Å². The highest BCUT2D eigenvalue weighted by molar-refractivity contribution is 6.27. The number of ether oxygens (including phenoxy) is 2. The molecule has 0 aliphatic carbocycles. The number of hydrogen-bond acceptors (Lipinski definition) is 4. The van der Waals surface area contributed by atoms with E-state index in [-0.39, 0.29) is 11.8 Å². The van der Waals surface area contributed by atoms with Crippen LogP contribution in [0.1, 0.15) is 26.7 Å². The van der Waals surface area contributed by atoms with E-state index in [4.69, 9.17) is 21.1 Å². The van der Waals surface area contributed by atoms with E-state index in [0.717, 1.165) is 5.57 Å². The predicted octanol–water partition coefficient (Wildman–Crippen LogP) is 1.67. The van der Waals surface area contributed by atoms with E-state index in [1.54, 1.807) is 4.90 Å². The van der Waals surface area contributed by atoms with Crippen molar-refractivity contribution in [1.29, 1.82) is 0 Å². The first kappa shape index (κ1) is 20.2. The quantitative estimate of drug-likeness (QED) is 0.525. The van der Waals surface area contributed by atoms with Crippen molar-refractivity contribution < 1.29 is 19.1 Å². The van der Waals surface area contributed by atoms with Gasteiger partial charge < -0.3 is 19.3 Å². The van der Waals surface area contributed by atoms with Gasteiger partial charge in [0.2, 0.25) is 11.8 Å². The van der Waals surface area contributed by atoms with Crippen LogP contribution in [0.3, 0.4) is 0 Å². The minimum absolute atomic E-state index is 0.0152. The monoisotopic (exact) mass is 372 g/mol. The molecular formula is C18H29ClN2O4. The van der Waals surface area contributed by atoms with Gasteiger partial charge in [-0.1, -0.05) is 19.1 Å². The van der Waals surface area contributed by atoms with Crippen molar-refractivity contribution in [2.45, 2.75) is 31.6 Å². The van der Waals surface area contributed by atoms with Crippen LogP contribution < -0.4 is 0 Å². The summed E-state index contributed by atoms with van der Waals surface area (Å²) in [5.74, 6) is -0.302. The molecular weight excluding hydrogens is 344 g/mol. The largest absolute Gasteiger partial charge is 0.378 e. The van der Waals surface area contributed by atoms with Crippen LogP contribution in [0.25, 0.3) is 0 Å². The number of amides is 2. The van der Waals surface area contributed by atoms with Gasteiger partial charge in [-0.15, -0.1) is 11.6 Å². The highest BCUT2D eigenvalue weighted by Gasteiger charge is 2.38. The molecule has 7 heteroatoms. The number of halogens is 1. The summed E-state index contributed by atoms with van der Waals surface area (Å²) in [6.45, 7) is 12.5. The molecule has 0 radical (unpaired) electrons. The standard InChI is InChI=1S/C18H29ClN2O4/c1-14(4-5-16(22)20-6-10-24-11-7-20)18(3,19)15(2)17(23)21-8-12-25-13-9-21/h15H,1,4-13H2,2-3H3/t15-,18-/m0/s1. The number of nitrogens with zero attached hydrogens (tertiary/aromatic N) is 2. The maximum Gasteiger partial charge on any atom is 0.227 e. The number of carbonyl (C=O) groups is 2. The average molecular weight is 373 g/mol. The van der Waals surface area contributed by atoms with Crippen LogP contribution in [0.5, 0.6) is 0 Å². The van der Waals surface area contributed by atoms with Gasteiger partial charge in [0.05, 0.1) is 37.2 Å². The van der Waals surface area contributed by atoms with E-state index in [0.29, 0.717) is 65.4 Å². The summed E-state index contributed by atoms with van der Waals surface area (Å²) >= 11 is 6.70. The lowest BCUT2D eigenvalue weighted by atomic mass is 9.85. The van der Waals surface area contributed by atoms with Gasteiger partial charge in [-0.2, -0.15) is 0 Å². The van der Waals surface area contributed by atoms with Gasteiger partial charge in [-0.3, -0.25) is 9.59 Å². The van der Waals surface area contributed by atoms with Crippen molar-refractivity contribution in [2.75, 3.05) is 52.6 Å². The third-order valence-corrected chi connectivity index (χ3v) is 5.80. The Morgan fingerprint density at radius 3 is 2.04 bits per heavy atom. The summed E-state index contributed by atoms with van der Waals surface area (Å²) in [6, 6.07) is 0. The zero-order chi connectivity index (χ0) is 18.4. The average Bonchev–Trinajstić information content (AvgIpc) is 2.65. The Morgan fingerprint density at radius 2 is 1.52 bits per heavy atom. The highest BCUT2D eigenvalue weighted by atomic mass is 35.5. The zero-order valence-electron chi connectivity index (χ0n) is 15.3. The van der Waals surface area contributed by atoms with Crippen molar-refractivity contribution in [3.8, 4) is 0 Å². The Hall–Kier alpha value is -1.11. The van der Waals surface area contributed by atoms with Crippen LogP contribution >= 0.6 is 11.6 Å². The fourth-order valence-electron chi connectivity index (χ4n) is 3.07. The lowest BCUT2D eigenvalue weighted by Crippen LogP contribution is -2.48. The second-order valence-electron chi connectivity index (χ2n) is 6.83. The SMILES string of the molecule is C=C(CCC(=O)N1CCOCC1)[C@](C)(Cl)[C@@H](C)C(=O)N1CCOCC1. The van der Waals surface area contributed by atoms with Gasteiger partial charge in [0, 0.05) is 32.6 Å². The summed E-state index contributed by atoms with van der Waals surface area (Å²) in [7, 11) is 0. The third-order valence-electron chi connectivity index (χ3n) is 5.20. The molecule has 2 aliphatic rings. The summed E-state index contributed by atoms with van der Waals surface area (Å²) in [5, 5.41) is 0. The molecule has 2 atom stereocenters. The number of rotatable bonds is 6. The molecule has 0 aromatic carbocycles. The maximum absolute atomic E-state index is 12.7. The predicted molar refractivity (Wildman–Crippen MR) is 96.6 cm³/mol. The van der Waals surface area contributed by atoms with Gasteiger partial charge in [-0.25, -0.2) is 0 Å². The molecule has 0 unspecified atom stereocenters. The smallest absolute Gasteiger partial charge is 0.227 e. The molecule has 0 aromatic rings. The Bertz CT molecular complexity index is 497. The first-order valence-electron chi connectivity index (χ1n) is 8.93. The maximum atomic E-state index is 12.7. The molecule has 2 fully saturated rings. The van der Waals surface area contributed by atoms with E-state index < -0.39 is 10.8 Å². The van der Waals surface area contributed by atoms with Crippen LogP contribution in [0, 0.1) is 5.92 Å². The molecule has 2 heterocycles. The van der Waals surface area contributed by atoms with Crippen LogP contribution in [-0.2, 0) is 19.1 Å². The van der Waals surface area contributed by atoms with Gasteiger partial charge in [0.15, 0.2) is 0 Å². The molecule has 0 bridgehead atoms. The van der Waals surface area contributed by atoms with Crippen molar-refractivity contribution in [3.05, 3.63) is 12.2 Å². The first-order chi connectivity index (χ1) is 11.8. The van der Waals surface area contributed by atoms with E-state index in [1.165, 1.54) is 0 Å². The Labute approximate surface area is 155 Å². The summed E-state index contributed by atoms with van der Waals surface area (Å²) in [6.07, 6.45) is 0.844. The molecule has 0 saturated carbocycles. The minimum Gasteiger partial charge on any atom is -0.378 e. The zero-order valence-corrected chi connectivity index (χ0v) is 16.0. The van der Waals surface area contributed by atoms with Gasteiger partial charge in [-0.05, 0) is 13.3 Å². The molecule has 2 saturated heterocycles. The Morgan fingerprint density at radius 1 is 1.04 bits per heavy atom. The van der Waals surface area contributed by atoms with Gasteiger partial charge in [0.25, 0.3) is 0 Å². The van der Waals surface area contributed by atoms with Gasteiger partial charge >= 0.3 is 0 Å². The van der Waals surface area contributed by atoms with Crippen molar-refractivity contribution >= 4 is 23.4 Å². The second-order valence-corrected chi connectivity index (χ2v) is 7.62. The first-order valence-corrected chi connectivity index (χ1v) is 9.31. The molecule has 2 aliphatic heterocycles. The van der Waals surface area contributed by atoms with Crippen LogP contribution in [0.2, 0.25) is 0 Å². The molecule has 0 spiro atoms. The molecule has 0 N–H and O–H groups in total. The van der Waals surface area contributed by atoms with Gasteiger partial charge in [0.1, 0.15) is 0 Å². The molecule has 142 valence electrons. The topological polar surface area (TPSA) is 59.1 Å². The van der Waals surface area contributed by atoms with E-state index >= 15 is 0 Å². The lowest BCUT2D eigenvalue weighted by Gasteiger charge is -2.36. The van der Waals surface area contributed by atoms with Crippen LogP contribution in [0.4, 0.5) is 0 Å². The van der Waals surface area contributed by atoms with Crippen molar-refractivity contribution in [1.82, 2.24) is 9.80 Å². The Kier molecular flexibility index (Phi) is 7.28. The highest BCUT2D eigenvalue weighted by Crippen LogP contribution is 2.36. The fourth-order valence-corrected chi connectivity index (χ4v) is 3.26. The molecule has 2 amide bonds. The lowest BCUT2D eigenvalue weighted by molar-refractivity contribution is -0.139. The van der Waals surface area contributed by atoms with E-state index in [9.17, 15) is 9.59 Å². The second kappa shape index (κ2) is 9.01. The summed E-state index contributed by atoms with van der Waals surface area (Å²) < 4.78 is 10.6. The third kappa shape index (κ3) is 5.19. The number of allylic oxidation sites excluding steroid dienone is 1. The molecule has 2 rings (SSSR count). The van der Waals surface area contributed by atoms with E-state index in [2.05, 4.69) is 6.58 Å². The number of morpholine rings is 2. The number of hydrogen-bond donors (Lipinski definition) is 0. The molecule has 0 aromatic heterocycles. The molecule has 6 nitrogen and oxygen atoms in total. The van der Waals surface area contributed by atoms with Crippen molar-refractivity contribution in [3.63, 3.8) is 0 Å². The Balaban J connectivity index is 1.87.